The third-order valence-electron chi connectivity index (χ3n) is 6.38. The van der Waals surface area contributed by atoms with Crippen LogP contribution >= 0.6 is 0 Å². The summed E-state index contributed by atoms with van der Waals surface area (Å²) in [5.41, 5.74) is 10.5. The molecule has 4 amide bonds. The topological polar surface area (TPSA) is 127 Å². The number of benzene rings is 2. The van der Waals surface area contributed by atoms with Crippen LogP contribution in [0.3, 0.4) is 0 Å². The van der Waals surface area contributed by atoms with Crippen molar-refractivity contribution in [2.75, 3.05) is 21.3 Å². The lowest BCUT2D eigenvalue weighted by Crippen LogP contribution is -2.49. The minimum atomic E-state index is -1.36. The van der Waals surface area contributed by atoms with Crippen LogP contribution in [0.2, 0.25) is 0 Å². The van der Waals surface area contributed by atoms with E-state index in [0.717, 1.165) is 9.80 Å². The highest BCUT2D eigenvalue weighted by molar-refractivity contribution is 6.28. The van der Waals surface area contributed by atoms with Crippen LogP contribution in [0.1, 0.15) is 26.7 Å². The maximum atomic E-state index is 13.4. The van der Waals surface area contributed by atoms with Crippen LogP contribution in [-0.4, -0.2) is 23.6 Å². The Morgan fingerprint density at radius 2 is 0.933 bits per heavy atom. The average Bonchev–Trinajstić information content (AvgIpc) is 3.08. The van der Waals surface area contributed by atoms with Crippen molar-refractivity contribution in [2.45, 2.75) is 26.7 Å². The van der Waals surface area contributed by atoms with E-state index >= 15 is 0 Å². The van der Waals surface area contributed by atoms with Crippen LogP contribution in [0, 0.1) is 10.8 Å². The highest BCUT2D eigenvalue weighted by atomic mass is 16.2. The Morgan fingerprint density at radius 3 is 1.23 bits per heavy atom. The molecular weight excluding hydrogens is 384 g/mol. The van der Waals surface area contributed by atoms with E-state index in [4.69, 9.17) is 11.5 Å². The van der Waals surface area contributed by atoms with Crippen molar-refractivity contribution in [3.05, 3.63) is 48.5 Å². The summed E-state index contributed by atoms with van der Waals surface area (Å²) in [4.78, 5) is 54.6. The molecule has 0 saturated carbocycles. The van der Waals surface area contributed by atoms with E-state index in [9.17, 15) is 19.2 Å². The Balaban J connectivity index is 1.72. The molecule has 2 aliphatic heterocycles. The first-order valence-corrected chi connectivity index (χ1v) is 9.54. The molecule has 2 aromatic carbocycles. The molecule has 4 rings (SSSR count). The van der Waals surface area contributed by atoms with Crippen LogP contribution < -0.4 is 21.3 Å². The molecule has 0 radical (unpaired) electrons. The SMILES string of the molecule is CC1(C2(C)CC(=O)N(c3ccc(N)cc3)C2=O)CC(=O)N(c2ccc(N)cc2)C1=O. The number of carbonyl (C=O) groups is 4. The Hall–Kier alpha value is -3.68. The van der Waals surface area contributed by atoms with Gasteiger partial charge < -0.3 is 11.5 Å². The number of rotatable bonds is 3. The zero-order valence-corrected chi connectivity index (χ0v) is 16.7. The van der Waals surface area contributed by atoms with Crippen LogP contribution in [0.15, 0.2) is 48.5 Å². The van der Waals surface area contributed by atoms with E-state index in [1.807, 2.05) is 0 Å². The number of carbonyl (C=O) groups excluding carboxylic acids is 4. The van der Waals surface area contributed by atoms with E-state index in [-0.39, 0.29) is 12.8 Å². The normalized spacial score (nSPS) is 26.7. The van der Waals surface area contributed by atoms with Gasteiger partial charge in [-0.1, -0.05) is 0 Å². The number of nitrogen functional groups attached to an aromatic ring is 2. The van der Waals surface area contributed by atoms with Gasteiger partial charge in [0.25, 0.3) is 0 Å². The summed E-state index contributed by atoms with van der Waals surface area (Å²) in [6.07, 6.45) is -0.331. The number of anilines is 4. The number of nitrogens with two attached hydrogens (primary N) is 2. The van der Waals surface area contributed by atoms with Gasteiger partial charge in [0, 0.05) is 24.2 Å². The molecule has 2 unspecified atom stereocenters. The minimum Gasteiger partial charge on any atom is -0.399 e. The van der Waals surface area contributed by atoms with Crippen LogP contribution in [0.5, 0.6) is 0 Å². The molecule has 0 bridgehead atoms. The van der Waals surface area contributed by atoms with Gasteiger partial charge in [0.05, 0.1) is 22.2 Å². The fraction of sp³-hybridized carbons (Fsp3) is 0.273. The molecule has 2 atom stereocenters. The van der Waals surface area contributed by atoms with E-state index in [1.165, 1.54) is 0 Å². The molecule has 2 saturated heterocycles. The summed E-state index contributed by atoms with van der Waals surface area (Å²) in [7, 11) is 0. The first kappa shape index (κ1) is 19.6. The fourth-order valence-electron chi connectivity index (χ4n) is 4.27. The van der Waals surface area contributed by atoms with Crippen LogP contribution in [0.4, 0.5) is 22.7 Å². The number of imide groups is 2. The second-order valence-electron chi connectivity index (χ2n) is 8.27. The Morgan fingerprint density at radius 1 is 0.633 bits per heavy atom. The second-order valence-corrected chi connectivity index (χ2v) is 8.27. The predicted octanol–water partition coefficient (Wildman–Crippen LogP) is 2.09. The maximum absolute atomic E-state index is 13.4. The standard InChI is InChI=1S/C22H22N4O4/c1-21(11-17(27)25(19(21)29)15-7-3-13(23)4-8-15)22(2)12-18(28)26(20(22)30)16-9-5-14(24)6-10-16/h3-10H,11-12,23-24H2,1-2H3. The van der Waals surface area contributed by atoms with E-state index in [1.54, 1.807) is 62.4 Å². The molecule has 2 aromatic rings. The Bertz CT molecular complexity index is 992. The molecule has 8 nitrogen and oxygen atoms in total. The summed E-state index contributed by atoms with van der Waals surface area (Å²) in [5, 5.41) is 0. The molecule has 4 N–H and O–H groups in total. The van der Waals surface area contributed by atoms with Gasteiger partial charge >= 0.3 is 0 Å². The van der Waals surface area contributed by atoms with E-state index in [2.05, 4.69) is 0 Å². The summed E-state index contributed by atoms with van der Waals surface area (Å²) >= 11 is 0. The van der Waals surface area contributed by atoms with Crippen molar-refractivity contribution in [2.24, 2.45) is 10.8 Å². The molecule has 154 valence electrons. The zero-order valence-electron chi connectivity index (χ0n) is 16.7. The zero-order chi connectivity index (χ0) is 21.8. The maximum Gasteiger partial charge on any atom is 0.241 e. The molecule has 2 fully saturated rings. The smallest absolute Gasteiger partial charge is 0.241 e. The van der Waals surface area contributed by atoms with Gasteiger partial charge in [-0.15, -0.1) is 0 Å². The average molecular weight is 406 g/mol. The van der Waals surface area contributed by atoms with Crippen LogP contribution in [-0.2, 0) is 19.2 Å². The minimum absolute atomic E-state index is 0.165. The molecule has 0 aliphatic carbocycles. The fourth-order valence-corrected chi connectivity index (χ4v) is 4.27. The monoisotopic (exact) mass is 406 g/mol. The highest BCUT2D eigenvalue weighted by Gasteiger charge is 2.66. The van der Waals surface area contributed by atoms with E-state index in [0.29, 0.717) is 22.7 Å². The van der Waals surface area contributed by atoms with Gasteiger partial charge in [0.2, 0.25) is 23.6 Å². The number of amides is 4. The third kappa shape index (κ3) is 2.60. The molecule has 2 heterocycles. The number of hydrogen-bond acceptors (Lipinski definition) is 6. The number of nitrogens with zero attached hydrogens (tertiary/aromatic N) is 2. The van der Waals surface area contributed by atoms with E-state index < -0.39 is 34.5 Å². The van der Waals surface area contributed by atoms with Crippen molar-refractivity contribution in [1.29, 1.82) is 0 Å². The largest absolute Gasteiger partial charge is 0.399 e. The van der Waals surface area contributed by atoms with Gasteiger partial charge in [-0.2, -0.15) is 0 Å². The van der Waals surface area contributed by atoms with Crippen LogP contribution in [0.25, 0.3) is 0 Å². The summed E-state index contributed by atoms with van der Waals surface area (Å²) in [6, 6.07) is 12.7. The lowest BCUT2D eigenvalue weighted by molar-refractivity contribution is -0.142. The van der Waals surface area contributed by atoms with Gasteiger partial charge in [0.15, 0.2) is 0 Å². The molecule has 2 aliphatic rings. The Kier molecular flexibility index (Phi) is 4.20. The lowest BCUT2D eigenvalue weighted by atomic mass is 9.63. The first-order chi connectivity index (χ1) is 14.1. The summed E-state index contributed by atoms with van der Waals surface area (Å²) in [6.45, 7) is 3.17. The van der Waals surface area contributed by atoms with Gasteiger partial charge in [0.1, 0.15) is 0 Å². The summed E-state index contributed by atoms with van der Waals surface area (Å²) in [5.74, 6) is -1.83. The third-order valence-corrected chi connectivity index (χ3v) is 6.38. The van der Waals surface area contributed by atoms with Gasteiger partial charge in [-0.25, -0.2) is 0 Å². The summed E-state index contributed by atoms with van der Waals surface area (Å²) < 4.78 is 0. The van der Waals surface area contributed by atoms with Crippen molar-refractivity contribution in [3.8, 4) is 0 Å². The molecule has 30 heavy (non-hydrogen) atoms. The highest BCUT2D eigenvalue weighted by Crippen LogP contribution is 2.54. The van der Waals surface area contributed by atoms with Crippen molar-refractivity contribution in [1.82, 2.24) is 0 Å². The molecule has 0 aromatic heterocycles. The predicted molar refractivity (Wildman–Crippen MR) is 112 cm³/mol. The Labute approximate surface area is 173 Å². The molecular formula is C22H22N4O4. The van der Waals surface area contributed by atoms with Gasteiger partial charge in [-0.3, -0.25) is 29.0 Å². The van der Waals surface area contributed by atoms with Crippen molar-refractivity contribution in [3.63, 3.8) is 0 Å². The molecule has 8 heteroatoms. The lowest BCUT2D eigenvalue weighted by Gasteiger charge is -2.36. The first-order valence-electron chi connectivity index (χ1n) is 9.54. The quantitative estimate of drug-likeness (QED) is 0.594. The molecule has 0 spiro atoms. The van der Waals surface area contributed by atoms with Gasteiger partial charge in [-0.05, 0) is 62.4 Å². The van der Waals surface area contributed by atoms with Crippen molar-refractivity contribution >= 4 is 46.4 Å². The number of hydrogen-bond donors (Lipinski definition) is 2. The van der Waals surface area contributed by atoms with Crippen molar-refractivity contribution < 1.29 is 19.2 Å². The second kappa shape index (κ2) is 6.41.